The number of nitrogens with zero attached hydrogens (tertiary/aromatic N) is 2. The monoisotopic (exact) mass is 364 g/mol. The molecule has 2 atom stereocenters. The van der Waals surface area contributed by atoms with Crippen molar-refractivity contribution < 1.29 is 19.5 Å². The van der Waals surface area contributed by atoms with E-state index in [4.69, 9.17) is 0 Å². The van der Waals surface area contributed by atoms with Crippen LogP contribution in [0.3, 0.4) is 0 Å². The van der Waals surface area contributed by atoms with E-state index in [2.05, 4.69) is 11.4 Å². The molecule has 136 valence electrons. The number of likely N-dealkylation sites (tertiary alicyclic amines) is 1. The van der Waals surface area contributed by atoms with Crippen LogP contribution in [0.5, 0.6) is 0 Å². The lowest BCUT2D eigenvalue weighted by atomic mass is 9.90. The summed E-state index contributed by atoms with van der Waals surface area (Å²) in [5.74, 6) is -1.28. The van der Waals surface area contributed by atoms with Crippen LogP contribution in [0.25, 0.3) is 0 Å². The molecule has 1 aromatic rings. The lowest BCUT2D eigenvalue weighted by Gasteiger charge is -2.35. The summed E-state index contributed by atoms with van der Waals surface area (Å²) >= 11 is 1.73. The first-order valence-corrected chi connectivity index (χ1v) is 9.65. The Labute approximate surface area is 151 Å². The normalized spacial score (nSPS) is 23.2. The number of rotatable bonds is 4. The van der Waals surface area contributed by atoms with Crippen LogP contribution in [-0.4, -0.2) is 52.3 Å². The number of thiophene rings is 1. The third-order valence-corrected chi connectivity index (χ3v) is 6.10. The van der Waals surface area contributed by atoms with Crippen LogP contribution >= 0.6 is 11.3 Å². The van der Waals surface area contributed by atoms with Gasteiger partial charge in [-0.2, -0.15) is 0 Å². The summed E-state index contributed by atoms with van der Waals surface area (Å²) in [7, 11) is 0. The first-order chi connectivity index (χ1) is 11.9. The second-order valence-electron chi connectivity index (χ2n) is 7.11. The molecule has 0 radical (unpaired) electrons. The fraction of sp³-hybridized carbons (Fsp3) is 0.611. The maximum absolute atomic E-state index is 12.4. The van der Waals surface area contributed by atoms with Gasteiger partial charge >= 0.3 is 5.97 Å². The van der Waals surface area contributed by atoms with Gasteiger partial charge in [0.05, 0.1) is 5.92 Å². The molecule has 1 fully saturated rings. The van der Waals surface area contributed by atoms with Crippen molar-refractivity contribution in [1.29, 1.82) is 0 Å². The van der Waals surface area contributed by atoms with Gasteiger partial charge in [-0.05, 0) is 35.8 Å². The molecule has 0 aliphatic carbocycles. The molecular formula is C18H24N2O4S. The number of aliphatic carboxylic acids is 1. The molecule has 1 saturated heterocycles. The highest BCUT2D eigenvalue weighted by Gasteiger charge is 2.32. The van der Waals surface area contributed by atoms with Crippen LogP contribution in [0.2, 0.25) is 0 Å². The topological polar surface area (TPSA) is 77.9 Å². The second kappa shape index (κ2) is 7.56. The standard InChI is InChI=1S/C18H24N2O4S/c1-12-8-14(18(23)24)11-20(9-12)17(22)3-2-16(21)19-6-4-15-13(10-19)5-7-25-15/h5,7,12,14H,2-4,6,8-11H2,1H3,(H,23,24). The number of amides is 2. The molecule has 7 heteroatoms. The summed E-state index contributed by atoms with van der Waals surface area (Å²) in [6.45, 7) is 4.15. The fourth-order valence-electron chi connectivity index (χ4n) is 3.73. The van der Waals surface area contributed by atoms with Crippen LogP contribution in [0, 0.1) is 11.8 Å². The molecular weight excluding hydrogens is 340 g/mol. The van der Waals surface area contributed by atoms with Crippen molar-refractivity contribution >= 4 is 29.1 Å². The van der Waals surface area contributed by atoms with Crippen LogP contribution in [0.4, 0.5) is 0 Å². The molecule has 25 heavy (non-hydrogen) atoms. The predicted octanol–water partition coefficient (Wildman–Crippen LogP) is 1.98. The van der Waals surface area contributed by atoms with Crippen molar-refractivity contribution in [3.05, 3.63) is 21.9 Å². The van der Waals surface area contributed by atoms with Crippen molar-refractivity contribution in [3.8, 4) is 0 Å². The number of piperidine rings is 1. The number of fused-ring (bicyclic) bond motifs is 1. The van der Waals surface area contributed by atoms with Crippen molar-refractivity contribution in [2.24, 2.45) is 11.8 Å². The van der Waals surface area contributed by atoms with E-state index in [-0.39, 0.29) is 37.1 Å². The quantitative estimate of drug-likeness (QED) is 0.886. The van der Waals surface area contributed by atoms with Gasteiger partial charge in [0, 0.05) is 43.9 Å². The van der Waals surface area contributed by atoms with E-state index >= 15 is 0 Å². The zero-order chi connectivity index (χ0) is 18.0. The fourth-order valence-corrected chi connectivity index (χ4v) is 4.62. The number of hydrogen-bond donors (Lipinski definition) is 1. The molecule has 2 unspecified atom stereocenters. The Bertz CT molecular complexity index is 672. The van der Waals surface area contributed by atoms with E-state index in [9.17, 15) is 19.5 Å². The number of hydrogen-bond acceptors (Lipinski definition) is 4. The van der Waals surface area contributed by atoms with Crippen LogP contribution in [0.15, 0.2) is 11.4 Å². The minimum atomic E-state index is -0.847. The lowest BCUT2D eigenvalue weighted by Crippen LogP contribution is -2.46. The smallest absolute Gasteiger partial charge is 0.308 e. The molecule has 2 amide bonds. The van der Waals surface area contributed by atoms with Gasteiger partial charge in [-0.1, -0.05) is 6.92 Å². The number of carboxylic acids is 1. The van der Waals surface area contributed by atoms with Crippen molar-refractivity contribution in [3.63, 3.8) is 0 Å². The number of carbonyl (C=O) groups is 3. The maximum Gasteiger partial charge on any atom is 0.308 e. The van der Waals surface area contributed by atoms with Crippen molar-refractivity contribution in [2.75, 3.05) is 19.6 Å². The van der Waals surface area contributed by atoms with Gasteiger partial charge in [0.15, 0.2) is 0 Å². The SMILES string of the molecule is CC1CC(C(=O)O)CN(C(=O)CCC(=O)N2CCc3sccc3C2)C1. The third-order valence-electron chi connectivity index (χ3n) is 5.07. The van der Waals surface area contributed by atoms with E-state index in [1.165, 1.54) is 10.4 Å². The van der Waals surface area contributed by atoms with E-state index in [1.807, 2.05) is 11.8 Å². The zero-order valence-corrected chi connectivity index (χ0v) is 15.3. The van der Waals surface area contributed by atoms with Gasteiger partial charge in [0.2, 0.25) is 11.8 Å². The Morgan fingerprint density at radius 2 is 1.92 bits per heavy atom. The molecule has 0 bridgehead atoms. The molecule has 0 spiro atoms. The highest BCUT2D eigenvalue weighted by molar-refractivity contribution is 7.10. The third kappa shape index (κ3) is 4.21. The summed E-state index contributed by atoms with van der Waals surface area (Å²) in [5, 5.41) is 11.3. The summed E-state index contributed by atoms with van der Waals surface area (Å²) < 4.78 is 0. The second-order valence-corrected chi connectivity index (χ2v) is 8.11. The van der Waals surface area contributed by atoms with Gasteiger partial charge in [0.1, 0.15) is 0 Å². The largest absolute Gasteiger partial charge is 0.481 e. The van der Waals surface area contributed by atoms with Crippen molar-refractivity contribution in [2.45, 2.75) is 39.2 Å². The summed E-state index contributed by atoms with van der Waals surface area (Å²) in [5.41, 5.74) is 1.21. The van der Waals surface area contributed by atoms with E-state index in [1.54, 1.807) is 16.2 Å². The Morgan fingerprint density at radius 3 is 2.64 bits per heavy atom. The summed E-state index contributed by atoms with van der Waals surface area (Å²) in [4.78, 5) is 40.8. The Kier molecular flexibility index (Phi) is 5.42. The van der Waals surface area contributed by atoms with Gasteiger partial charge < -0.3 is 14.9 Å². The molecule has 3 heterocycles. The predicted molar refractivity (Wildman–Crippen MR) is 94.2 cm³/mol. The zero-order valence-electron chi connectivity index (χ0n) is 14.4. The van der Waals surface area contributed by atoms with Crippen LogP contribution in [-0.2, 0) is 27.3 Å². The van der Waals surface area contributed by atoms with Gasteiger partial charge in [-0.15, -0.1) is 11.3 Å². The van der Waals surface area contributed by atoms with Crippen LogP contribution < -0.4 is 0 Å². The van der Waals surface area contributed by atoms with Gasteiger partial charge in [0.25, 0.3) is 0 Å². The number of carbonyl (C=O) groups excluding carboxylic acids is 2. The molecule has 0 aromatic carbocycles. The Morgan fingerprint density at radius 1 is 1.20 bits per heavy atom. The van der Waals surface area contributed by atoms with E-state index < -0.39 is 11.9 Å². The first kappa shape index (κ1) is 17.9. The number of carboxylic acid groups (broad SMARTS) is 1. The Hall–Kier alpha value is -1.89. The van der Waals surface area contributed by atoms with Crippen molar-refractivity contribution in [1.82, 2.24) is 9.80 Å². The first-order valence-electron chi connectivity index (χ1n) is 8.77. The maximum atomic E-state index is 12.4. The molecule has 3 rings (SSSR count). The average Bonchev–Trinajstić information content (AvgIpc) is 3.06. The Balaban J connectivity index is 1.50. The summed E-state index contributed by atoms with van der Waals surface area (Å²) in [6.07, 6.45) is 1.84. The van der Waals surface area contributed by atoms with Gasteiger partial charge in [-0.3, -0.25) is 14.4 Å². The highest BCUT2D eigenvalue weighted by atomic mass is 32.1. The minimum absolute atomic E-state index is 0.00467. The lowest BCUT2D eigenvalue weighted by molar-refractivity contribution is -0.147. The molecule has 0 saturated carbocycles. The summed E-state index contributed by atoms with van der Waals surface area (Å²) in [6, 6.07) is 2.06. The molecule has 6 nitrogen and oxygen atoms in total. The van der Waals surface area contributed by atoms with E-state index in [0.29, 0.717) is 26.1 Å². The molecule has 2 aliphatic heterocycles. The average molecular weight is 364 g/mol. The molecule has 1 N–H and O–H groups in total. The van der Waals surface area contributed by atoms with E-state index in [0.717, 1.165) is 6.42 Å². The highest BCUT2D eigenvalue weighted by Crippen LogP contribution is 2.25. The van der Waals surface area contributed by atoms with Gasteiger partial charge in [-0.25, -0.2) is 0 Å². The van der Waals surface area contributed by atoms with Crippen LogP contribution in [0.1, 0.15) is 36.6 Å². The molecule has 2 aliphatic rings. The molecule has 1 aromatic heterocycles. The minimum Gasteiger partial charge on any atom is -0.481 e.